The van der Waals surface area contributed by atoms with E-state index >= 15 is 0 Å². The molecule has 4 nitrogen and oxygen atoms in total. The van der Waals surface area contributed by atoms with Crippen molar-refractivity contribution in [2.24, 2.45) is 0 Å². The lowest BCUT2D eigenvalue weighted by molar-refractivity contribution is -0.120. The molecule has 0 radical (unpaired) electrons. The highest BCUT2D eigenvalue weighted by Crippen LogP contribution is 2.14. The molecule has 2 rings (SSSR count). The molecule has 24 heavy (non-hydrogen) atoms. The third-order valence-corrected chi connectivity index (χ3v) is 4.47. The van der Waals surface area contributed by atoms with Crippen molar-refractivity contribution >= 4 is 33.3 Å². The van der Waals surface area contributed by atoms with Crippen molar-refractivity contribution in [1.82, 2.24) is 4.90 Å². The quantitative estimate of drug-likeness (QED) is 0.757. The van der Waals surface area contributed by atoms with Crippen LogP contribution in [0.4, 0.5) is 5.69 Å². The van der Waals surface area contributed by atoms with E-state index in [4.69, 9.17) is 0 Å². The molecular weight excluding hydrogens is 368 g/mol. The largest absolute Gasteiger partial charge is 0.325 e. The maximum Gasteiger partial charge on any atom is 0.241 e. The smallest absolute Gasteiger partial charge is 0.241 e. The number of carbonyl (C=O) groups is 2. The van der Waals surface area contributed by atoms with Gasteiger partial charge in [0.15, 0.2) is 5.78 Å². The minimum absolute atomic E-state index is 0.00970. The molecule has 1 atom stereocenters. The summed E-state index contributed by atoms with van der Waals surface area (Å²) in [6, 6.07) is 14.7. The Morgan fingerprint density at radius 2 is 1.67 bits per heavy atom. The maximum atomic E-state index is 12.4. The SMILES string of the molecule is CC(=O)c1ccc(NC(=O)[C@@H](C)N(C)Cc2ccc(Br)cc2)cc1. The van der Waals surface area contributed by atoms with Gasteiger partial charge >= 0.3 is 0 Å². The summed E-state index contributed by atoms with van der Waals surface area (Å²) in [6.45, 7) is 4.08. The molecule has 0 saturated carbocycles. The first kappa shape index (κ1) is 18.4. The lowest BCUT2D eigenvalue weighted by Gasteiger charge is -2.24. The Balaban J connectivity index is 1.95. The van der Waals surface area contributed by atoms with Gasteiger partial charge in [0.05, 0.1) is 6.04 Å². The van der Waals surface area contributed by atoms with Crippen molar-refractivity contribution in [3.05, 3.63) is 64.1 Å². The first-order valence-electron chi connectivity index (χ1n) is 7.73. The number of hydrogen-bond acceptors (Lipinski definition) is 3. The summed E-state index contributed by atoms with van der Waals surface area (Å²) in [5.74, 6) is -0.0688. The van der Waals surface area contributed by atoms with Crippen LogP contribution in [0, 0.1) is 0 Å². The normalized spacial score (nSPS) is 12.0. The van der Waals surface area contributed by atoms with Crippen LogP contribution in [-0.4, -0.2) is 29.7 Å². The van der Waals surface area contributed by atoms with Crippen LogP contribution in [0.25, 0.3) is 0 Å². The number of anilines is 1. The van der Waals surface area contributed by atoms with E-state index in [-0.39, 0.29) is 17.7 Å². The third-order valence-electron chi connectivity index (χ3n) is 3.94. The van der Waals surface area contributed by atoms with E-state index in [0.29, 0.717) is 17.8 Å². The number of nitrogens with one attached hydrogen (secondary N) is 1. The third kappa shape index (κ3) is 5.01. The highest BCUT2D eigenvalue weighted by molar-refractivity contribution is 9.10. The summed E-state index contributed by atoms with van der Waals surface area (Å²) in [6.07, 6.45) is 0. The van der Waals surface area contributed by atoms with Crippen LogP contribution in [0.15, 0.2) is 53.0 Å². The molecule has 1 N–H and O–H groups in total. The molecule has 2 aromatic carbocycles. The van der Waals surface area contributed by atoms with Gasteiger partial charge in [-0.2, -0.15) is 0 Å². The molecule has 2 aromatic rings. The number of rotatable bonds is 6. The van der Waals surface area contributed by atoms with E-state index in [2.05, 4.69) is 21.2 Å². The van der Waals surface area contributed by atoms with Gasteiger partial charge in [-0.15, -0.1) is 0 Å². The van der Waals surface area contributed by atoms with Gasteiger partial charge in [-0.05, 0) is 62.9 Å². The Bertz CT molecular complexity index is 711. The molecule has 0 aliphatic heterocycles. The number of amides is 1. The number of hydrogen-bond donors (Lipinski definition) is 1. The van der Waals surface area contributed by atoms with Crippen LogP contribution in [-0.2, 0) is 11.3 Å². The Morgan fingerprint density at radius 3 is 2.21 bits per heavy atom. The Hall–Kier alpha value is -1.98. The number of halogens is 1. The summed E-state index contributed by atoms with van der Waals surface area (Å²) in [4.78, 5) is 25.7. The van der Waals surface area contributed by atoms with Gasteiger partial charge in [-0.25, -0.2) is 0 Å². The molecule has 0 bridgehead atoms. The average molecular weight is 389 g/mol. The van der Waals surface area contributed by atoms with Gasteiger partial charge < -0.3 is 5.32 Å². The zero-order valence-corrected chi connectivity index (χ0v) is 15.6. The molecule has 0 aliphatic rings. The molecule has 5 heteroatoms. The highest BCUT2D eigenvalue weighted by atomic mass is 79.9. The minimum atomic E-state index is -0.277. The number of likely N-dealkylation sites (N-methyl/N-ethyl adjacent to an activating group) is 1. The second kappa shape index (κ2) is 8.22. The Kier molecular flexibility index (Phi) is 6.29. The second-order valence-corrected chi connectivity index (χ2v) is 6.76. The van der Waals surface area contributed by atoms with E-state index in [1.807, 2.05) is 43.1 Å². The van der Waals surface area contributed by atoms with Crippen LogP contribution in [0.3, 0.4) is 0 Å². The van der Waals surface area contributed by atoms with Crippen LogP contribution >= 0.6 is 15.9 Å². The van der Waals surface area contributed by atoms with Crippen molar-refractivity contribution in [3.8, 4) is 0 Å². The van der Waals surface area contributed by atoms with E-state index < -0.39 is 0 Å². The fourth-order valence-corrected chi connectivity index (χ4v) is 2.51. The number of benzene rings is 2. The van der Waals surface area contributed by atoms with Gasteiger partial charge in [0.1, 0.15) is 0 Å². The van der Waals surface area contributed by atoms with E-state index in [0.717, 1.165) is 10.0 Å². The van der Waals surface area contributed by atoms with Crippen molar-refractivity contribution in [1.29, 1.82) is 0 Å². The summed E-state index contributed by atoms with van der Waals surface area (Å²) in [5, 5.41) is 2.88. The molecule has 1 amide bonds. The fraction of sp³-hybridized carbons (Fsp3) is 0.263. The number of Topliss-reactive ketones (excluding diaryl/α,β-unsaturated/α-hetero) is 1. The molecule has 0 aliphatic carbocycles. The van der Waals surface area contributed by atoms with Gasteiger partial charge in [0.2, 0.25) is 5.91 Å². The Morgan fingerprint density at radius 1 is 1.08 bits per heavy atom. The monoisotopic (exact) mass is 388 g/mol. The average Bonchev–Trinajstić information content (AvgIpc) is 2.56. The van der Waals surface area contributed by atoms with Gasteiger partial charge in [0.25, 0.3) is 0 Å². The van der Waals surface area contributed by atoms with Crippen LogP contribution in [0.2, 0.25) is 0 Å². The van der Waals surface area contributed by atoms with E-state index in [1.165, 1.54) is 6.92 Å². The minimum Gasteiger partial charge on any atom is -0.325 e. The molecular formula is C19H21BrN2O2. The number of carbonyl (C=O) groups excluding carboxylic acids is 2. The fourth-order valence-electron chi connectivity index (χ4n) is 2.25. The lowest BCUT2D eigenvalue weighted by atomic mass is 10.1. The summed E-state index contributed by atoms with van der Waals surface area (Å²) in [7, 11) is 1.92. The van der Waals surface area contributed by atoms with E-state index in [1.54, 1.807) is 24.3 Å². The molecule has 0 spiro atoms. The first-order valence-corrected chi connectivity index (χ1v) is 8.52. The van der Waals surface area contributed by atoms with Gasteiger partial charge in [-0.3, -0.25) is 14.5 Å². The predicted octanol–water partition coefficient (Wildman–Crippen LogP) is 4.11. The lowest BCUT2D eigenvalue weighted by Crippen LogP contribution is -2.39. The van der Waals surface area contributed by atoms with Crippen molar-refractivity contribution in [3.63, 3.8) is 0 Å². The summed E-state index contributed by atoms with van der Waals surface area (Å²) in [5.41, 5.74) is 2.47. The van der Waals surface area contributed by atoms with Crippen LogP contribution in [0.1, 0.15) is 29.8 Å². The van der Waals surface area contributed by atoms with Crippen molar-refractivity contribution in [2.45, 2.75) is 26.4 Å². The topological polar surface area (TPSA) is 49.4 Å². The molecule has 0 saturated heterocycles. The highest BCUT2D eigenvalue weighted by Gasteiger charge is 2.18. The standard InChI is InChI=1S/C19H21BrN2O2/c1-13(22(3)12-15-4-8-17(20)9-5-15)19(24)21-18-10-6-16(7-11-18)14(2)23/h4-11,13H,12H2,1-3H3,(H,21,24)/t13-/m1/s1. The molecule has 126 valence electrons. The predicted molar refractivity (Wildman–Crippen MR) is 100 cm³/mol. The zero-order valence-electron chi connectivity index (χ0n) is 14.0. The van der Waals surface area contributed by atoms with Crippen LogP contribution in [0.5, 0.6) is 0 Å². The first-order chi connectivity index (χ1) is 11.4. The van der Waals surface area contributed by atoms with Crippen molar-refractivity contribution in [2.75, 3.05) is 12.4 Å². The molecule has 0 aromatic heterocycles. The van der Waals surface area contributed by atoms with Gasteiger partial charge in [0, 0.05) is 22.3 Å². The van der Waals surface area contributed by atoms with Crippen molar-refractivity contribution < 1.29 is 9.59 Å². The molecule has 0 unspecified atom stereocenters. The van der Waals surface area contributed by atoms with Gasteiger partial charge in [-0.1, -0.05) is 28.1 Å². The molecule has 0 heterocycles. The number of nitrogens with zero attached hydrogens (tertiary/aromatic N) is 1. The van der Waals surface area contributed by atoms with Crippen LogP contribution < -0.4 is 5.32 Å². The zero-order chi connectivity index (χ0) is 17.7. The summed E-state index contributed by atoms with van der Waals surface area (Å²) < 4.78 is 1.04. The summed E-state index contributed by atoms with van der Waals surface area (Å²) >= 11 is 3.42. The van der Waals surface area contributed by atoms with E-state index in [9.17, 15) is 9.59 Å². The second-order valence-electron chi connectivity index (χ2n) is 5.84. The molecule has 0 fully saturated rings. The number of ketones is 1. The maximum absolute atomic E-state index is 12.4. The Labute approximate surface area is 151 Å².